The molecule has 0 saturated carbocycles. The molecule has 0 bridgehead atoms. The van der Waals surface area contributed by atoms with Gasteiger partial charge in [0.25, 0.3) is 0 Å². The molecule has 0 aromatic heterocycles. The van der Waals surface area contributed by atoms with E-state index in [4.69, 9.17) is 23.3 Å². The lowest BCUT2D eigenvalue weighted by Crippen LogP contribution is -2.37. The van der Waals surface area contributed by atoms with Crippen molar-refractivity contribution in [2.45, 2.75) is 225 Å². The van der Waals surface area contributed by atoms with Crippen molar-refractivity contribution in [3.8, 4) is 0 Å². The van der Waals surface area contributed by atoms with Crippen LogP contribution in [0.4, 0.5) is 0 Å². The molecule has 1 saturated heterocycles. The number of esters is 2. The first-order valence-corrected chi connectivity index (χ1v) is 27.0. The summed E-state index contributed by atoms with van der Waals surface area (Å²) < 4.78 is 40.2. The van der Waals surface area contributed by atoms with Crippen LogP contribution in [0.25, 0.3) is 0 Å². The standard InChI is InChI=1S/C52H94NO9P/c1-6-8-10-12-14-15-16-17-18-19-20-21-22-23-24-25-26-27-30-35-39-43-52(55)61-48(47-60-63(56,57)59-45-44-53(3,4)5)46-58-51(54)42-38-34-31-28-29-33-37-41-50-49(62-50)40-36-32-13-11-9-7-2/h17-18,28,31-33,36-37,48-50H,6-16,19-27,29-30,34-35,38-47H2,1-5H3/p+1/b18-17-,31-28-,36-32-,37-33-/t48-,49?,50?/m1/s1. The number of unbranched alkanes of at least 4 members (excludes halogenated alkanes) is 21. The number of carbonyl (C=O) groups is 2. The first-order valence-electron chi connectivity index (χ1n) is 25.5. The summed E-state index contributed by atoms with van der Waals surface area (Å²) in [6.07, 6.45) is 50.5. The monoisotopic (exact) mass is 909 g/mol. The van der Waals surface area contributed by atoms with Gasteiger partial charge < -0.3 is 23.6 Å². The van der Waals surface area contributed by atoms with Crippen molar-refractivity contribution in [1.29, 1.82) is 0 Å². The highest BCUT2D eigenvalue weighted by Gasteiger charge is 2.36. The van der Waals surface area contributed by atoms with Gasteiger partial charge in [0.1, 0.15) is 19.8 Å². The molecule has 11 heteroatoms. The molecule has 1 aliphatic rings. The molecule has 0 radical (unpaired) electrons. The third-order valence-corrected chi connectivity index (χ3v) is 12.2. The fourth-order valence-corrected chi connectivity index (χ4v) is 7.84. The second-order valence-electron chi connectivity index (χ2n) is 18.6. The van der Waals surface area contributed by atoms with Crippen LogP contribution < -0.4 is 0 Å². The van der Waals surface area contributed by atoms with E-state index in [1.807, 2.05) is 21.1 Å². The maximum Gasteiger partial charge on any atom is 0.472 e. The van der Waals surface area contributed by atoms with Gasteiger partial charge in [0.15, 0.2) is 6.10 Å². The molecular formula is C52H95NO9P+. The molecular weight excluding hydrogens is 814 g/mol. The third-order valence-electron chi connectivity index (χ3n) is 11.2. The first-order chi connectivity index (χ1) is 30.5. The minimum atomic E-state index is -4.40. The number of carbonyl (C=O) groups excluding carboxylic acids is 2. The molecule has 0 aromatic carbocycles. The van der Waals surface area contributed by atoms with Gasteiger partial charge in [-0.3, -0.25) is 18.6 Å². The van der Waals surface area contributed by atoms with Gasteiger partial charge in [-0.1, -0.05) is 165 Å². The fraction of sp³-hybridized carbons (Fsp3) is 0.808. The van der Waals surface area contributed by atoms with Crippen LogP contribution >= 0.6 is 7.82 Å². The van der Waals surface area contributed by atoms with E-state index in [9.17, 15) is 19.0 Å². The summed E-state index contributed by atoms with van der Waals surface area (Å²) in [5, 5.41) is 0. The van der Waals surface area contributed by atoms with E-state index < -0.39 is 32.5 Å². The average molecular weight is 909 g/mol. The highest BCUT2D eigenvalue weighted by molar-refractivity contribution is 7.47. The van der Waals surface area contributed by atoms with Gasteiger partial charge in [0.2, 0.25) is 0 Å². The summed E-state index contributed by atoms with van der Waals surface area (Å²) in [4.78, 5) is 35.5. The Hall–Kier alpha value is -2.07. The van der Waals surface area contributed by atoms with Crippen LogP contribution in [0.3, 0.4) is 0 Å². The number of rotatable bonds is 45. The molecule has 1 fully saturated rings. The van der Waals surface area contributed by atoms with Crippen molar-refractivity contribution in [3.05, 3.63) is 48.6 Å². The highest BCUT2D eigenvalue weighted by Crippen LogP contribution is 2.43. The highest BCUT2D eigenvalue weighted by atomic mass is 31.2. The van der Waals surface area contributed by atoms with E-state index in [-0.39, 0.29) is 26.1 Å². The Balaban J connectivity index is 2.25. The SMILES string of the molecule is CCCCC/C=C\CC1OC1C/C=C\C/C=C\CCCC(=O)OC[C@H](COP(=O)(O)OCC[N+](C)(C)C)OC(=O)CCCCCCCCCCCCC/C=C\CCCCCCCC. The van der Waals surface area contributed by atoms with Crippen LogP contribution in [0.5, 0.6) is 0 Å². The van der Waals surface area contributed by atoms with Gasteiger partial charge in [0.05, 0.1) is 40.0 Å². The van der Waals surface area contributed by atoms with Crippen LogP contribution in [0, 0.1) is 0 Å². The largest absolute Gasteiger partial charge is 0.472 e. The van der Waals surface area contributed by atoms with E-state index in [0.29, 0.717) is 36.1 Å². The zero-order valence-corrected chi connectivity index (χ0v) is 41.9. The van der Waals surface area contributed by atoms with Crippen LogP contribution in [-0.2, 0) is 37.4 Å². The lowest BCUT2D eigenvalue weighted by atomic mass is 10.0. The van der Waals surface area contributed by atoms with Gasteiger partial charge in [-0.2, -0.15) is 0 Å². The molecule has 1 rings (SSSR count). The molecule has 10 nitrogen and oxygen atoms in total. The van der Waals surface area contributed by atoms with E-state index in [2.05, 4.69) is 62.5 Å². The van der Waals surface area contributed by atoms with Crippen molar-refractivity contribution in [1.82, 2.24) is 0 Å². The first kappa shape index (κ1) is 58.9. The zero-order chi connectivity index (χ0) is 46.1. The number of nitrogens with zero attached hydrogens (tertiary/aromatic N) is 1. The van der Waals surface area contributed by atoms with E-state index in [0.717, 1.165) is 51.4 Å². The number of allylic oxidation sites excluding steroid dienone is 6. The molecule has 63 heavy (non-hydrogen) atoms. The Labute approximate surface area is 386 Å². The molecule has 1 aliphatic heterocycles. The Morgan fingerprint density at radius 2 is 1.02 bits per heavy atom. The summed E-state index contributed by atoms with van der Waals surface area (Å²) >= 11 is 0. The maximum atomic E-state index is 12.8. The van der Waals surface area contributed by atoms with Gasteiger partial charge in [0, 0.05) is 12.8 Å². The van der Waals surface area contributed by atoms with Gasteiger partial charge in [-0.15, -0.1) is 0 Å². The van der Waals surface area contributed by atoms with Crippen molar-refractivity contribution in [2.24, 2.45) is 0 Å². The van der Waals surface area contributed by atoms with E-state index >= 15 is 0 Å². The summed E-state index contributed by atoms with van der Waals surface area (Å²) in [5.74, 6) is -0.868. The predicted molar refractivity (Wildman–Crippen MR) is 261 cm³/mol. The smallest absolute Gasteiger partial charge is 0.462 e. The Morgan fingerprint density at radius 1 is 0.571 bits per heavy atom. The summed E-state index contributed by atoms with van der Waals surface area (Å²) in [6, 6.07) is 0. The van der Waals surface area contributed by atoms with E-state index in [1.165, 1.54) is 116 Å². The van der Waals surface area contributed by atoms with Gasteiger partial charge >= 0.3 is 19.8 Å². The molecule has 0 aliphatic carbocycles. The number of epoxide rings is 1. The molecule has 0 amide bonds. The number of ether oxygens (including phenoxy) is 3. The summed E-state index contributed by atoms with van der Waals surface area (Å²) in [6.45, 7) is 4.33. The summed E-state index contributed by atoms with van der Waals surface area (Å²) in [7, 11) is 1.44. The minimum absolute atomic E-state index is 0.0200. The second-order valence-corrected chi connectivity index (χ2v) is 20.0. The van der Waals surface area contributed by atoms with Crippen molar-refractivity contribution < 1.29 is 46.8 Å². The topological polar surface area (TPSA) is 121 Å². The Bertz CT molecular complexity index is 1280. The predicted octanol–water partition coefficient (Wildman–Crippen LogP) is 14.0. The van der Waals surface area contributed by atoms with Crippen LogP contribution in [-0.4, -0.2) is 87.1 Å². The number of likely N-dealkylation sites (N-methyl/N-ethyl adjacent to an activating group) is 1. The zero-order valence-electron chi connectivity index (χ0n) is 41.0. The Morgan fingerprint density at radius 3 is 1.60 bits per heavy atom. The lowest BCUT2D eigenvalue weighted by Gasteiger charge is -2.24. The van der Waals surface area contributed by atoms with Crippen molar-refractivity contribution in [3.63, 3.8) is 0 Å². The molecule has 3 unspecified atom stereocenters. The van der Waals surface area contributed by atoms with Crippen molar-refractivity contribution >= 4 is 19.8 Å². The fourth-order valence-electron chi connectivity index (χ4n) is 7.10. The number of quaternary nitrogens is 1. The molecule has 1 heterocycles. The number of hydrogen-bond donors (Lipinski definition) is 1. The second kappa shape index (κ2) is 40.2. The molecule has 0 spiro atoms. The normalized spacial score (nSPS) is 17.0. The van der Waals surface area contributed by atoms with E-state index in [1.54, 1.807) is 0 Å². The number of phosphoric ester groups is 1. The third kappa shape index (κ3) is 41.1. The van der Waals surface area contributed by atoms with Gasteiger partial charge in [-0.25, -0.2) is 4.57 Å². The van der Waals surface area contributed by atoms with Crippen LogP contribution in [0.1, 0.15) is 206 Å². The van der Waals surface area contributed by atoms with Gasteiger partial charge in [-0.05, 0) is 77.0 Å². The molecule has 4 atom stereocenters. The molecule has 1 N–H and O–H groups in total. The lowest BCUT2D eigenvalue weighted by molar-refractivity contribution is -0.870. The molecule has 366 valence electrons. The summed E-state index contributed by atoms with van der Waals surface area (Å²) in [5.41, 5.74) is 0. The molecule has 0 aromatic rings. The number of phosphoric acid groups is 1. The van der Waals surface area contributed by atoms with Crippen LogP contribution in [0.2, 0.25) is 0 Å². The average Bonchev–Trinajstić information content (AvgIpc) is 4.00. The number of hydrogen-bond acceptors (Lipinski definition) is 8. The minimum Gasteiger partial charge on any atom is -0.462 e. The van der Waals surface area contributed by atoms with Crippen LogP contribution in [0.15, 0.2) is 48.6 Å². The maximum absolute atomic E-state index is 12.8. The quantitative estimate of drug-likeness (QED) is 0.0159. The van der Waals surface area contributed by atoms with Crippen molar-refractivity contribution in [2.75, 3.05) is 47.5 Å². The Kier molecular flexibility index (Phi) is 37.6.